The molecule has 1 heterocycles. The Morgan fingerprint density at radius 3 is 2.87 bits per heavy atom. The first-order valence-corrected chi connectivity index (χ1v) is 5.11. The lowest BCUT2D eigenvalue weighted by Crippen LogP contribution is -2.21. The zero-order valence-corrected chi connectivity index (χ0v) is 8.29. The minimum Gasteiger partial charge on any atom is -0.329 e. The number of fused-ring (bicyclic) bond motifs is 1. The Labute approximate surface area is 88.3 Å². The number of hydrogen-bond acceptors (Lipinski definition) is 1. The summed E-state index contributed by atoms with van der Waals surface area (Å²) in [6.07, 6.45) is 5.60. The van der Waals surface area contributed by atoms with Gasteiger partial charge in [-0.05, 0) is 16.7 Å². The summed E-state index contributed by atoms with van der Waals surface area (Å²) in [5, 5.41) is 2.93. The van der Waals surface area contributed by atoms with Crippen molar-refractivity contribution in [1.82, 2.24) is 5.32 Å². The summed E-state index contributed by atoms with van der Waals surface area (Å²) in [6, 6.07) is 8.03. The third kappa shape index (κ3) is 1.59. The molecule has 0 saturated heterocycles. The molecule has 0 radical (unpaired) electrons. The average Bonchev–Trinajstić information content (AvgIpc) is 2.94. The second-order valence-corrected chi connectivity index (χ2v) is 3.94. The van der Waals surface area contributed by atoms with E-state index in [0.717, 1.165) is 23.2 Å². The van der Waals surface area contributed by atoms with Crippen molar-refractivity contribution in [1.29, 1.82) is 0 Å². The zero-order valence-electron chi connectivity index (χ0n) is 8.29. The molecule has 0 fully saturated rings. The number of nitrogens with one attached hydrogen (secondary N) is 1. The molecule has 1 amide bonds. The molecule has 1 aromatic rings. The van der Waals surface area contributed by atoms with Crippen LogP contribution in [0.15, 0.2) is 41.6 Å². The quantitative estimate of drug-likeness (QED) is 0.677. The van der Waals surface area contributed by atoms with Crippen LogP contribution in [-0.2, 0) is 11.2 Å². The number of carbonyl (C=O) groups is 1. The number of rotatable bonds is 0. The molecule has 2 aliphatic rings. The Balaban J connectivity index is 2.06. The fourth-order valence-electron chi connectivity index (χ4n) is 1.86. The van der Waals surface area contributed by atoms with E-state index in [9.17, 15) is 4.79 Å². The maximum Gasteiger partial charge on any atom is 0.228 e. The van der Waals surface area contributed by atoms with Crippen molar-refractivity contribution < 1.29 is 4.79 Å². The normalized spacial score (nSPS) is 18.3. The highest BCUT2D eigenvalue weighted by Gasteiger charge is 2.22. The van der Waals surface area contributed by atoms with Gasteiger partial charge in [-0.2, -0.15) is 0 Å². The first-order chi connectivity index (χ1) is 7.33. The molecule has 74 valence electrons. The Hall–Kier alpha value is -1.83. The van der Waals surface area contributed by atoms with Gasteiger partial charge in [-0.15, -0.1) is 0 Å². The summed E-state index contributed by atoms with van der Waals surface area (Å²) in [5.41, 5.74) is 4.58. The lowest BCUT2D eigenvalue weighted by Gasteiger charge is -2.04. The number of benzene rings is 1. The van der Waals surface area contributed by atoms with Gasteiger partial charge in [0, 0.05) is 12.1 Å². The monoisotopic (exact) mass is 197 g/mol. The van der Waals surface area contributed by atoms with Crippen LogP contribution in [-0.4, -0.2) is 5.91 Å². The molecule has 2 nitrogen and oxygen atoms in total. The van der Waals surface area contributed by atoms with E-state index in [1.54, 1.807) is 0 Å². The Morgan fingerprint density at radius 1 is 1.07 bits per heavy atom. The minimum atomic E-state index is 0.0937. The van der Waals surface area contributed by atoms with Gasteiger partial charge >= 0.3 is 0 Å². The van der Waals surface area contributed by atoms with Crippen molar-refractivity contribution in [3.63, 3.8) is 0 Å². The predicted molar refractivity (Wildman–Crippen MR) is 59.0 cm³/mol. The van der Waals surface area contributed by atoms with E-state index < -0.39 is 0 Å². The molecule has 1 aromatic carbocycles. The predicted octanol–water partition coefficient (Wildman–Crippen LogP) is 2.03. The van der Waals surface area contributed by atoms with Gasteiger partial charge in [0.2, 0.25) is 5.91 Å². The maximum atomic E-state index is 11.6. The van der Waals surface area contributed by atoms with Crippen LogP contribution < -0.4 is 5.32 Å². The van der Waals surface area contributed by atoms with Crippen molar-refractivity contribution in [2.45, 2.75) is 12.8 Å². The topological polar surface area (TPSA) is 29.1 Å². The van der Waals surface area contributed by atoms with Crippen molar-refractivity contribution >= 4 is 12.0 Å². The van der Waals surface area contributed by atoms with Gasteiger partial charge in [-0.25, -0.2) is 0 Å². The molecule has 3 rings (SSSR count). The van der Waals surface area contributed by atoms with Crippen molar-refractivity contribution in [3.8, 4) is 0 Å². The Kier molecular flexibility index (Phi) is 1.75. The minimum absolute atomic E-state index is 0.0937. The third-order valence-electron chi connectivity index (χ3n) is 2.79. The van der Waals surface area contributed by atoms with E-state index in [0.29, 0.717) is 6.42 Å². The molecule has 0 atom stereocenters. The summed E-state index contributed by atoms with van der Waals surface area (Å²) in [5.74, 6) is 0.0937. The zero-order chi connectivity index (χ0) is 10.3. The van der Waals surface area contributed by atoms with E-state index in [1.807, 2.05) is 24.3 Å². The Morgan fingerprint density at radius 2 is 1.93 bits per heavy atom. The summed E-state index contributed by atoms with van der Waals surface area (Å²) in [7, 11) is 0. The summed E-state index contributed by atoms with van der Waals surface area (Å²) < 4.78 is 0. The highest BCUT2D eigenvalue weighted by molar-refractivity contribution is 5.84. The van der Waals surface area contributed by atoms with Gasteiger partial charge in [0.15, 0.2) is 0 Å². The molecule has 0 aromatic heterocycles. The summed E-state index contributed by atoms with van der Waals surface area (Å²) in [4.78, 5) is 11.6. The molecular formula is C13H11NO. The molecule has 1 aliphatic heterocycles. The summed E-state index contributed by atoms with van der Waals surface area (Å²) in [6.45, 7) is 0. The largest absolute Gasteiger partial charge is 0.329 e. The fraction of sp³-hybridized carbons (Fsp3) is 0.154. The van der Waals surface area contributed by atoms with Crippen LogP contribution in [0.3, 0.4) is 0 Å². The molecule has 0 saturated carbocycles. The van der Waals surface area contributed by atoms with Crippen LogP contribution in [0.4, 0.5) is 0 Å². The molecule has 1 N–H and O–H groups in total. The van der Waals surface area contributed by atoms with Gasteiger partial charge in [0.1, 0.15) is 0 Å². The molecule has 1 aliphatic carbocycles. The van der Waals surface area contributed by atoms with Crippen LogP contribution in [0.1, 0.15) is 17.5 Å². The van der Waals surface area contributed by atoms with Crippen LogP contribution in [0.5, 0.6) is 0 Å². The van der Waals surface area contributed by atoms with E-state index in [1.165, 1.54) is 5.57 Å². The first kappa shape index (κ1) is 8.48. The third-order valence-corrected chi connectivity index (χ3v) is 2.79. The average molecular weight is 197 g/mol. The number of amides is 1. The van der Waals surface area contributed by atoms with Crippen LogP contribution in [0, 0.1) is 0 Å². The molecule has 15 heavy (non-hydrogen) atoms. The number of hydrogen-bond donors (Lipinski definition) is 1. The smallest absolute Gasteiger partial charge is 0.228 e. The van der Waals surface area contributed by atoms with Crippen molar-refractivity contribution in [2.24, 2.45) is 0 Å². The van der Waals surface area contributed by atoms with E-state index in [2.05, 4.69) is 17.5 Å². The van der Waals surface area contributed by atoms with Gasteiger partial charge in [0.25, 0.3) is 0 Å². The molecular weight excluding hydrogens is 186 g/mol. The van der Waals surface area contributed by atoms with Crippen LogP contribution in [0.25, 0.3) is 6.08 Å². The van der Waals surface area contributed by atoms with Gasteiger partial charge in [-0.1, -0.05) is 36.4 Å². The van der Waals surface area contributed by atoms with E-state index in [4.69, 9.17) is 0 Å². The fourth-order valence-corrected chi connectivity index (χ4v) is 1.86. The van der Waals surface area contributed by atoms with Gasteiger partial charge in [-0.3, -0.25) is 4.79 Å². The maximum absolute atomic E-state index is 11.6. The van der Waals surface area contributed by atoms with Gasteiger partial charge < -0.3 is 5.32 Å². The lowest BCUT2D eigenvalue weighted by atomic mass is 10.0. The second-order valence-electron chi connectivity index (χ2n) is 3.94. The number of allylic oxidation sites excluding steroid dienone is 3. The lowest BCUT2D eigenvalue weighted by molar-refractivity contribution is -0.119. The standard InChI is InChI=1S/C13H11NO/c15-13-8-10-4-2-1-3-9(10)5-6-11-7-12(11)14-13/h1-6H,7-8H2,(H,14,15). The SMILES string of the molecule is O=C1Cc2ccccc2C=CC2=C(C2)N1. The molecule has 0 bridgehead atoms. The van der Waals surface area contributed by atoms with Crippen molar-refractivity contribution in [2.75, 3.05) is 0 Å². The van der Waals surface area contributed by atoms with E-state index >= 15 is 0 Å². The van der Waals surface area contributed by atoms with E-state index in [-0.39, 0.29) is 5.91 Å². The van der Waals surface area contributed by atoms with Crippen LogP contribution in [0.2, 0.25) is 0 Å². The first-order valence-electron chi connectivity index (χ1n) is 5.11. The number of carbonyl (C=O) groups excluding carboxylic acids is 1. The van der Waals surface area contributed by atoms with Crippen molar-refractivity contribution in [3.05, 3.63) is 52.7 Å². The summed E-state index contributed by atoms with van der Waals surface area (Å²) >= 11 is 0. The Bertz CT molecular complexity index is 497. The highest BCUT2D eigenvalue weighted by atomic mass is 16.1. The van der Waals surface area contributed by atoms with Gasteiger partial charge in [0.05, 0.1) is 6.42 Å². The molecule has 0 unspecified atom stereocenters. The molecule has 2 heteroatoms. The van der Waals surface area contributed by atoms with Crippen LogP contribution >= 0.6 is 0 Å². The molecule has 0 spiro atoms. The second kappa shape index (κ2) is 3.09. The highest BCUT2D eigenvalue weighted by Crippen LogP contribution is 2.31.